The van der Waals surface area contributed by atoms with Crippen molar-refractivity contribution in [3.8, 4) is 0 Å². The summed E-state index contributed by atoms with van der Waals surface area (Å²) in [5.41, 5.74) is 0. The molecule has 2 rings (SSSR count). The average molecular weight is 267 g/mol. The first-order valence-corrected chi connectivity index (χ1v) is 7.50. The fraction of sp³-hybridized carbons (Fsp3) is 0.867. The van der Waals surface area contributed by atoms with Crippen LogP contribution < -0.4 is 0 Å². The van der Waals surface area contributed by atoms with Crippen molar-refractivity contribution in [2.45, 2.75) is 39.5 Å². The van der Waals surface area contributed by atoms with Crippen molar-refractivity contribution in [2.24, 2.45) is 17.8 Å². The van der Waals surface area contributed by atoms with Gasteiger partial charge in [-0.3, -0.25) is 9.59 Å². The standard InChI is InChI=1S/C15H25NO3/c1-11(2)14(17)12-3-7-16(8-4-12)15(18)13-5-9-19-10-6-13/h11-13H,3-10H2,1-2H3. The first-order chi connectivity index (χ1) is 9.09. The third-order valence-electron chi connectivity index (χ3n) is 4.35. The summed E-state index contributed by atoms with van der Waals surface area (Å²) in [5.74, 6) is 1.06. The second kappa shape index (κ2) is 6.51. The molecule has 4 heteroatoms. The molecule has 2 aliphatic rings. The van der Waals surface area contributed by atoms with Crippen LogP contribution in [-0.4, -0.2) is 42.9 Å². The Morgan fingerprint density at radius 1 is 1.00 bits per heavy atom. The fourth-order valence-corrected chi connectivity index (χ4v) is 3.06. The van der Waals surface area contributed by atoms with E-state index >= 15 is 0 Å². The number of likely N-dealkylation sites (tertiary alicyclic amines) is 1. The Hall–Kier alpha value is -0.900. The molecule has 0 radical (unpaired) electrons. The van der Waals surface area contributed by atoms with E-state index < -0.39 is 0 Å². The molecule has 108 valence electrons. The van der Waals surface area contributed by atoms with E-state index in [-0.39, 0.29) is 23.7 Å². The molecule has 2 heterocycles. The van der Waals surface area contributed by atoms with E-state index in [1.165, 1.54) is 0 Å². The molecule has 0 saturated carbocycles. The quantitative estimate of drug-likeness (QED) is 0.784. The second-order valence-electron chi connectivity index (χ2n) is 6.04. The Labute approximate surface area is 115 Å². The van der Waals surface area contributed by atoms with Crippen molar-refractivity contribution in [1.29, 1.82) is 0 Å². The van der Waals surface area contributed by atoms with Crippen molar-refractivity contribution in [2.75, 3.05) is 26.3 Å². The van der Waals surface area contributed by atoms with Crippen molar-refractivity contribution in [3.63, 3.8) is 0 Å². The molecule has 0 bridgehead atoms. The monoisotopic (exact) mass is 267 g/mol. The van der Waals surface area contributed by atoms with E-state index in [4.69, 9.17) is 4.74 Å². The molecule has 0 aromatic rings. The third-order valence-corrected chi connectivity index (χ3v) is 4.35. The predicted molar refractivity (Wildman–Crippen MR) is 72.7 cm³/mol. The molecule has 2 aliphatic heterocycles. The van der Waals surface area contributed by atoms with Gasteiger partial charge >= 0.3 is 0 Å². The maximum Gasteiger partial charge on any atom is 0.225 e. The smallest absolute Gasteiger partial charge is 0.225 e. The number of Topliss-reactive ketones (excluding diaryl/α,β-unsaturated/α-hetero) is 1. The third kappa shape index (κ3) is 3.56. The lowest BCUT2D eigenvalue weighted by atomic mass is 9.86. The number of piperidine rings is 1. The minimum atomic E-state index is 0.114. The number of nitrogens with zero attached hydrogens (tertiary/aromatic N) is 1. The van der Waals surface area contributed by atoms with Gasteiger partial charge in [0.15, 0.2) is 0 Å². The molecule has 0 aromatic heterocycles. The maximum absolute atomic E-state index is 12.3. The van der Waals surface area contributed by atoms with Crippen molar-refractivity contribution >= 4 is 11.7 Å². The lowest BCUT2D eigenvalue weighted by Gasteiger charge is -2.35. The van der Waals surface area contributed by atoms with Crippen LogP contribution in [0.2, 0.25) is 0 Å². The van der Waals surface area contributed by atoms with Crippen LogP contribution in [0.3, 0.4) is 0 Å². The Morgan fingerprint density at radius 3 is 2.11 bits per heavy atom. The van der Waals surface area contributed by atoms with E-state index in [2.05, 4.69) is 0 Å². The van der Waals surface area contributed by atoms with Gasteiger partial charge in [-0.25, -0.2) is 0 Å². The highest BCUT2D eigenvalue weighted by Crippen LogP contribution is 2.24. The van der Waals surface area contributed by atoms with E-state index in [0.717, 1.165) is 38.8 Å². The highest BCUT2D eigenvalue weighted by atomic mass is 16.5. The molecule has 19 heavy (non-hydrogen) atoms. The molecule has 0 atom stereocenters. The molecule has 0 spiro atoms. The van der Waals surface area contributed by atoms with Crippen LogP contribution in [0.25, 0.3) is 0 Å². The van der Waals surface area contributed by atoms with Gasteiger partial charge in [-0.15, -0.1) is 0 Å². The van der Waals surface area contributed by atoms with Gasteiger partial charge in [0.2, 0.25) is 5.91 Å². The summed E-state index contributed by atoms with van der Waals surface area (Å²) < 4.78 is 5.30. The highest BCUT2D eigenvalue weighted by Gasteiger charge is 2.31. The van der Waals surface area contributed by atoms with Crippen molar-refractivity contribution in [3.05, 3.63) is 0 Å². The van der Waals surface area contributed by atoms with Crippen LogP contribution in [0, 0.1) is 17.8 Å². The SMILES string of the molecule is CC(C)C(=O)C1CCN(C(=O)C2CCOCC2)CC1. The largest absolute Gasteiger partial charge is 0.381 e. The van der Waals surface area contributed by atoms with Crippen LogP contribution in [0.15, 0.2) is 0 Å². The maximum atomic E-state index is 12.3. The first-order valence-electron chi connectivity index (χ1n) is 7.50. The first kappa shape index (κ1) is 14.5. The van der Waals surface area contributed by atoms with Gasteiger partial charge < -0.3 is 9.64 Å². The van der Waals surface area contributed by atoms with Crippen LogP contribution in [0.1, 0.15) is 39.5 Å². The fourth-order valence-electron chi connectivity index (χ4n) is 3.06. The zero-order valence-corrected chi connectivity index (χ0v) is 12.1. The summed E-state index contributed by atoms with van der Waals surface area (Å²) >= 11 is 0. The molecular formula is C15H25NO3. The molecular weight excluding hydrogens is 242 g/mol. The number of hydrogen-bond acceptors (Lipinski definition) is 3. The molecule has 2 saturated heterocycles. The molecule has 0 unspecified atom stereocenters. The Bertz CT molecular complexity index is 326. The highest BCUT2D eigenvalue weighted by molar-refractivity contribution is 5.83. The minimum absolute atomic E-state index is 0.114. The van der Waals surface area contributed by atoms with E-state index in [9.17, 15) is 9.59 Å². The van der Waals surface area contributed by atoms with E-state index in [1.54, 1.807) is 0 Å². The van der Waals surface area contributed by atoms with Crippen LogP contribution in [0.4, 0.5) is 0 Å². The summed E-state index contributed by atoms with van der Waals surface area (Å²) in [6.07, 6.45) is 3.38. The molecule has 2 fully saturated rings. The Balaban J connectivity index is 1.82. The normalized spacial score (nSPS) is 22.8. The molecule has 0 aromatic carbocycles. The molecule has 1 amide bonds. The number of carbonyl (C=O) groups excluding carboxylic acids is 2. The van der Waals surface area contributed by atoms with Gasteiger partial charge in [0.1, 0.15) is 5.78 Å². The predicted octanol–water partition coefficient (Wildman–Crippen LogP) is 1.88. The van der Waals surface area contributed by atoms with Gasteiger partial charge in [0.05, 0.1) is 0 Å². The summed E-state index contributed by atoms with van der Waals surface area (Å²) in [7, 11) is 0. The number of rotatable bonds is 3. The van der Waals surface area contributed by atoms with Crippen LogP contribution in [0.5, 0.6) is 0 Å². The minimum Gasteiger partial charge on any atom is -0.381 e. The second-order valence-corrected chi connectivity index (χ2v) is 6.04. The summed E-state index contributed by atoms with van der Waals surface area (Å²) in [4.78, 5) is 26.3. The van der Waals surface area contributed by atoms with Gasteiger partial charge in [0.25, 0.3) is 0 Å². The topological polar surface area (TPSA) is 46.6 Å². The zero-order chi connectivity index (χ0) is 13.8. The lowest BCUT2D eigenvalue weighted by Crippen LogP contribution is -2.44. The number of ether oxygens (including phenoxy) is 1. The van der Waals surface area contributed by atoms with Gasteiger partial charge in [-0.2, -0.15) is 0 Å². The van der Waals surface area contributed by atoms with Gasteiger partial charge in [-0.1, -0.05) is 13.8 Å². The summed E-state index contributed by atoms with van der Waals surface area (Å²) in [5, 5.41) is 0. The number of carbonyl (C=O) groups is 2. The molecule has 0 aliphatic carbocycles. The summed E-state index contributed by atoms with van der Waals surface area (Å²) in [6, 6.07) is 0. The van der Waals surface area contributed by atoms with Crippen molar-refractivity contribution < 1.29 is 14.3 Å². The van der Waals surface area contributed by atoms with Crippen LogP contribution in [-0.2, 0) is 14.3 Å². The Kier molecular flexibility index (Phi) is 4.97. The zero-order valence-electron chi connectivity index (χ0n) is 12.1. The lowest BCUT2D eigenvalue weighted by molar-refractivity contribution is -0.141. The van der Waals surface area contributed by atoms with E-state index in [0.29, 0.717) is 19.0 Å². The van der Waals surface area contributed by atoms with E-state index in [1.807, 2.05) is 18.7 Å². The average Bonchev–Trinajstić information content (AvgIpc) is 2.46. The number of amides is 1. The van der Waals surface area contributed by atoms with Gasteiger partial charge in [0, 0.05) is 44.1 Å². The van der Waals surface area contributed by atoms with Crippen molar-refractivity contribution in [1.82, 2.24) is 4.90 Å². The molecule has 0 N–H and O–H groups in total. The van der Waals surface area contributed by atoms with Gasteiger partial charge in [-0.05, 0) is 25.7 Å². The summed E-state index contributed by atoms with van der Waals surface area (Å²) in [6.45, 7) is 6.83. The number of ketones is 1. The number of hydrogen-bond donors (Lipinski definition) is 0. The Morgan fingerprint density at radius 2 is 1.58 bits per heavy atom. The van der Waals surface area contributed by atoms with Crippen LogP contribution >= 0.6 is 0 Å². The molecule has 4 nitrogen and oxygen atoms in total.